The predicted octanol–water partition coefficient (Wildman–Crippen LogP) is 3.21. The number of nitrogens with zero attached hydrogens (tertiary/aromatic N) is 5. The molecule has 0 spiro atoms. The van der Waals surface area contributed by atoms with E-state index in [1.165, 1.54) is 7.11 Å². The molecule has 0 aromatic heterocycles. The number of amidine groups is 1. The molecule has 0 saturated carbocycles. The van der Waals surface area contributed by atoms with Gasteiger partial charge >= 0.3 is 0 Å². The summed E-state index contributed by atoms with van der Waals surface area (Å²) in [4.78, 5) is 33.1. The summed E-state index contributed by atoms with van der Waals surface area (Å²) < 4.78 is 0. The van der Waals surface area contributed by atoms with E-state index in [9.17, 15) is 4.79 Å². The average Bonchev–Trinajstić information content (AvgIpc) is 3.00. The second-order valence-corrected chi connectivity index (χ2v) is 10.2. The van der Waals surface area contributed by atoms with Crippen LogP contribution >= 0.6 is 0 Å². The molecule has 35 heavy (non-hydrogen) atoms. The number of nitrogens with one attached hydrogen (secondary N) is 2. The Morgan fingerprint density at radius 3 is 2.63 bits per heavy atom. The van der Waals surface area contributed by atoms with E-state index >= 15 is 0 Å². The van der Waals surface area contributed by atoms with Crippen LogP contribution in [-0.4, -0.2) is 93.4 Å². The molecular formula is C26H43N7O2. The largest absolute Gasteiger partial charge is 0.380 e. The number of carbonyl (C=O) groups excluding carboxylic acids is 1. The van der Waals surface area contributed by atoms with Gasteiger partial charge in [0, 0.05) is 57.7 Å². The minimum absolute atomic E-state index is 0.191. The summed E-state index contributed by atoms with van der Waals surface area (Å²) in [7, 11) is 7.37. The van der Waals surface area contributed by atoms with E-state index in [4.69, 9.17) is 9.83 Å². The first-order chi connectivity index (χ1) is 16.5. The van der Waals surface area contributed by atoms with Crippen LogP contribution in [0, 0.1) is 12.3 Å². The monoisotopic (exact) mass is 485 g/mol. The van der Waals surface area contributed by atoms with Crippen LogP contribution in [0.2, 0.25) is 0 Å². The van der Waals surface area contributed by atoms with Gasteiger partial charge in [-0.15, -0.1) is 0 Å². The van der Waals surface area contributed by atoms with E-state index in [1.807, 2.05) is 13.0 Å². The molecule has 1 aliphatic rings. The Balaban J connectivity index is 2.34. The minimum Gasteiger partial charge on any atom is -0.380 e. The number of carbonyl (C=O) groups is 1. The molecule has 0 radical (unpaired) electrons. The zero-order valence-corrected chi connectivity index (χ0v) is 22.7. The van der Waals surface area contributed by atoms with Gasteiger partial charge in [0.1, 0.15) is 5.84 Å². The number of aryl methyl sites for hydroxylation is 1. The number of hydroxylamine groups is 1. The highest BCUT2D eigenvalue weighted by Crippen LogP contribution is 2.18. The Bertz CT molecular complexity index is 934. The Kier molecular flexibility index (Phi) is 10.7. The van der Waals surface area contributed by atoms with Crippen LogP contribution in [0.25, 0.3) is 0 Å². The maximum absolute atomic E-state index is 12.2. The van der Waals surface area contributed by atoms with Gasteiger partial charge in [-0.3, -0.25) is 14.6 Å². The van der Waals surface area contributed by atoms with E-state index in [1.54, 1.807) is 19.2 Å². The summed E-state index contributed by atoms with van der Waals surface area (Å²) in [6.45, 7) is 13.5. The lowest BCUT2D eigenvalue weighted by atomic mass is 9.96. The molecule has 1 amide bonds. The number of hydrogen-bond acceptors (Lipinski definition) is 5. The Labute approximate surface area is 210 Å². The smallest absolute Gasteiger partial charge is 0.274 e. The van der Waals surface area contributed by atoms with E-state index in [2.05, 4.69) is 77.6 Å². The molecule has 0 bridgehead atoms. The van der Waals surface area contributed by atoms with Gasteiger partial charge in [-0.2, -0.15) is 4.99 Å². The molecule has 1 heterocycles. The zero-order chi connectivity index (χ0) is 26.0. The summed E-state index contributed by atoms with van der Waals surface area (Å²) in [6.07, 6.45) is 5.23. The molecule has 1 aliphatic heterocycles. The molecule has 0 unspecified atom stereocenters. The van der Waals surface area contributed by atoms with Crippen molar-refractivity contribution in [3.8, 4) is 0 Å². The van der Waals surface area contributed by atoms with E-state index < -0.39 is 0 Å². The second kappa shape index (κ2) is 13.3. The van der Waals surface area contributed by atoms with Gasteiger partial charge in [0.05, 0.1) is 7.11 Å². The molecule has 9 heteroatoms. The predicted molar refractivity (Wildman–Crippen MR) is 145 cm³/mol. The van der Waals surface area contributed by atoms with Gasteiger partial charge in [-0.05, 0) is 56.1 Å². The van der Waals surface area contributed by atoms with Crippen molar-refractivity contribution in [3.05, 3.63) is 41.6 Å². The van der Waals surface area contributed by atoms with Crippen molar-refractivity contribution < 1.29 is 9.63 Å². The average molecular weight is 486 g/mol. The van der Waals surface area contributed by atoms with E-state index in [0.717, 1.165) is 56.2 Å². The second-order valence-electron chi connectivity index (χ2n) is 10.2. The Morgan fingerprint density at radius 2 is 1.97 bits per heavy atom. The summed E-state index contributed by atoms with van der Waals surface area (Å²) in [6, 6.07) is 5.42. The molecule has 194 valence electrons. The topological polar surface area (TPSA) is 84.8 Å². The molecule has 2 N–H and O–H groups in total. The van der Waals surface area contributed by atoms with Gasteiger partial charge in [0.2, 0.25) is 5.96 Å². The fourth-order valence-electron chi connectivity index (χ4n) is 3.90. The summed E-state index contributed by atoms with van der Waals surface area (Å²) in [5, 5.41) is 3.31. The quantitative estimate of drug-likeness (QED) is 0.366. The van der Waals surface area contributed by atoms with Gasteiger partial charge in [0.25, 0.3) is 5.91 Å². The van der Waals surface area contributed by atoms with Crippen molar-refractivity contribution in [3.63, 3.8) is 0 Å². The zero-order valence-electron chi connectivity index (χ0n) is 22.7. The van der Waals surface area contributed by atoms with Crippen LogP contribution in [0.3, 0.4) is 0 Å². The van der Waals surface area contributed by atoms with Crippen molar-refractivity contribution >= 4 is 23.4 Å². The normalized spacial score (nSPS) is 16.4. The first kappa shape index (κ1) is 28.3. The number of anilines is 1. The van der Waals surface area contributed by atoms with Crippen molar-refractivity contribution in [2.24, 2.45) is 15.4 Å². The highest BCUT2D eigenvalue weighted by Gasteiger charge is 2.17. The van der Waals surface area contributed by atoms with E-state index in [0.29, 0.717) is 11.5 Å². The van der Waals surface area contributed by atoms with Crippen LogP contribution in [0.5, 0.6) is 0 Å². The van der Waals surface area contributed by atoms with Crippen molar-refractivity contribution in [2.45, 2.75) is 34.1 Å². The molecule has 1 fully saturated rings. The fourth-order valence-corrected chi connectivity index (χ4v) is 3.90. The third-order valence-corrected chi connectivity index (χ3v) is 5.62. The van der Waals surface area contributed by atoms with Crippen LogP contribution in [-0.2, 0) is 4.84 Å². The standard InChI is InChI=1S/C26H43N7O2/c1-20-10-11-21(24(34)30-35-8)18-22(20)28-25(27-5)29-23(12-15-32(7)19-26(2,3)4)33-14-9-13-31(6)16-17-33/h10-12,15,18H,9,13-14,16-17,19H2,1-8H3,(H,27,28)(H,30,34)/b15-12+,29-23+. The molecule has 1 aromatic carbocycles. The minimum atomic E-state index is -0.312. The maximum atomic E-state index is 12.2. The first-order valence-electron chi connectivity index (χ1n) is 12.1. The molecule has 9 nitrogen and oxygen atoms in total. The van der Waals surface area contributed by atoms with Gasteiger partial charge in [0.15, 0.2) is 0 Å². The lowest BCUT2D eigenvalue weighted by Gasteiger charge is -2.26. The van der Waals surface area contributed by atoms with Crippen LogP contribution in [0.4, 0.5) is 5.69 Å². The third kappa shape index (κ3) is 9.70. The number of hydrogen-bond donors (Lipinski definition) is 2. The van der Waals surface area contributed by atoms with Crippen molar-refractivity contribution in [1.82, 2.24) is 20.2 Å². The molecule has 0 aliphatic carbocycles. The van der Waals surface area contributed by atoms with Crippen LogP contribution in [0.15, 0.2) is 40.5 Å². The molecule has 1 aromatic rings. The number of aliphatic imine (C=N–C) groups is 2. The van der Waals surface area contributed by atoms with Crippen LogP contribution < -0.4 is 10.8 Å². The van der Waals surface area contributed by atoms with Crippen molar-refractivity contribution in [2.75, 3.05) is 66.3 Å². The number of guanidine groups is 1. The Hall–Kier alpha value is -2.91. The summed E-state index contributed by atoms with van der Waals surface area (Å²) in [5.74, 6) is 1.03. The molecule has 2 rings (SSSR count). The molecule has 0 atom stereocenters. The van der Waals surface area contributed by atoms with Gasteiger partial charge in [-0.25, -0.2) is 5.48 Å². The lowest BCUT2D eigenvalue weighted by Crippen LogP contribution is -2.35. The third-order valence-electron chi connectivity index (χ3n) is 5.62. The number of benzene rings is 1. The van der Waals surface area contributed by atoms with E-state index in [-0.39, 0.29) is 11.3 Å². The SMILES string of the molecule is CN=C(/N=C(\C=C\N(C)CC(C)(C)C)N1CCCN(C)CC1)Nc1cc(C(=O)NOC)ccc1C. The summed E-state index contributed by atoms with van der Waals surface area (Å²) in [5.41, 5.74) is 4.78. The highest BCUT2D eigenvalue weighted by atomic mass is 16.6. The number of likely N-dealkylation sites (N-methyl/N-ethyl adjacent to an activating group) is 1. The van der Waals surface area contributed by atoms with Gasteiger partial charge < -0.3 is 20.0 Å². The van der Waals surface area contributed by atoms with Crippen molar-refractivity contribution in [1.29, 1.82) is 0 Å². The number of amides is 1. The van der Waals surface area contributed by atoms with Crippen LogP contribution in [0.1, 0.15) is 43.1 Å². The lowest BCUT2D eigenvalue weighted by molar-refractivity contribution is 0.0537. The molecule has 1 saturated heterocycles. The Morgan fingerprint density at radius 1 is 1.23 bits per heavy atom. The first-order valence-corrected chi connectivity index (χ1v) is 12.1. The highest BCUT2D eigenvalue weighted by molar-refractivity contribution is 6.07. The summed E-state index contributed by atoms with van der Waals surface area (Å²) >= 11 is 0. The maximum Gasteiger partial charge on any atom is 0.274 e. The molecular weight excluding hydrogens is 442 g/mol. The van der Waals surface area contributed by atoms with Gasteiger partial charge in [-0.1, -0.05) is 26.8 Å². The number of rotatable bonds is 6. The fraction of sp³-hybridized carbons (Fsp3) is 0.577.